The van der Waals surface area contributed by atoms with Gasteiger partial charge in [0.1, 0.15) is 24.8 Å². The summed E-state index contributed by atoms with van der Waals surface area (Å²) in [7, 11) is 8.00. The standard InChI is InChI=1S/2C5H9N2.C4H4O4/c2*1-6-3-4-7(2)5-6;5-3(6)1-2-4(7)8/h2*3-5H,1-2H3;1-2H,(H,5,6)(H,7,8)/q2*+1;/p-2/b;;2-1-. The highest BCUT2D eigenvalue weighted by molar-refractivity contribution is 5.87. The molecule has 2 aromatic rings. The molecule has 2 rings (SSSR count). The molecule has 120 valence electrons. The first-order valence-electron chi connectivity index (χ1n) is 6.25. The van der Waals surface area contributed by atoms with Crippen LogP contribution in [0.4, 0.5) is 0 Å². The van der Waals surface area contributed by atoms with Crippen molar-refractivity contribution in [2.75, 3.05) is 0 Å². The van der Waals surface area contributed by atoms with Gasteiger partial charge in [-0.1, -0.05) is 0 Å². The van der Waals surface area contributed by atoms with E-state index >= 15 is 0 Å². The van der Waals surface area contributed by atoms with Gasteiger partial charge in [-0.25, -0.2) is 18.3 Å². The van der Waals surface area contributed by atoms with Gasteiger partial charge in [0.15, 0.2) is 0 Å². The lowest BCUT2D eigenvalue weighted by molar-refractivity contribution is -0.671. The molecule has 2 aromatic heterocycles. The van der Waals surface area contributed by atoms with Crippen molar-refractivity contribution in [3.63, 3.8) is 0 Å². The molecule has 8 heteroatoms. The molecular weight excluding hydrogens is 288 g/mol. The van der Waals surface area contributed by atoms with Crippen molar-refractivity contribution in [1.29, 1.82) is 0 Å². The van der Waals surface area contributed by atoms with Crippen molar-refractivity contribution >= 4 is 11.9 Å². The molecular formula is C14H20N4O4. The van der Waals surface area contributed by atoms with Gasteiger partial charge in [0.2, 0.25) is 12.7 Å². The van der Waals surface area contributed by atoms with Gasteiger partial charge in [-0.3, -0.25) is 0 Å². The van der Waals surface area contributed by atoms with Crippen LogP contribution in [0.2, 0.25) is 0 Å². The summed E-state index contributed by atoms with van der Waals surface area (Å²) >= 11 is 0. The third-order valence-electron chi connectivity index (χ3n) is 2.16. The molecule has 0 saturated carbocycles. The van der Waals surface area contributed by atoms with Crippen LogP contribution in [0, 0.1) is 0 Å². The van der Waals surface area contributed by atoms with E-state index in [4.69, 9.17) is 0 Å². The average Bonchev–Trinajstić information content (AvgIpc) is 2.96. The number of carboxylic acid groups (broad SMARTS) is 2. The number of rotatable bonds is 2. The molecule has 0 aliphatic heterocycles. The Morgan fingerprint density at radius 1 is 0.864 bits per heavy atom. The molecule has 8 nitrogen and oxygen atoms in total. The Morgan fingerprint density at radius 2 is 1.18 bits per heavy atom. The van der Waals surface area contributed by atoms with Gasteiger partial charge in [0.05, 0.1) is 40.1 Å². The summed E-state index contributed by atoms with van der Waals surface area (Å²) in [5.41, 5.74) is 0. The smallest absolute Gasteiger partial charge is 0.243 e. The number of aliphatic carboxylic acids is 2. The maximum absolute atomic E-state index is 9.41. The average molecular weight is 308 g/mol. The van der Waals surface area contributed by atoms with E-state index in [-0.39, 0.29) is 0 Å². The normalized spacial score (nSPS) is 9.45. The lowest BCUT2D eigenvalue weighted by Gasteiger charge is -1.90. The summed E-state index contributed by atoms with van der Waals surface area (Å²) < 4.78 is 8.00. The van der Waals surface area contributed by atoms with Crippen LogP contribution in [0.1, 0.15) is 0 Å². The van der Waals surface area contributed by atoms with Gasteiger partial charge in [-0.2, -0.15) is 0 Å². The highest BCUT2D eigenvalue weighted by atomic mass is 16.4. The summed E-state index contributed by atoms with van der Waals surface area (Å²) in [5.74, 6) is -3.09. The van der Waals surface area contributed by atoms with Crippen LogP contribution in [0.25, 0.3) is 0 Å². The highest BCUT2D eigenvalue weighted by Crippen LogP contribution is 1.71. The summed E-state index contributed by atoms with van der Waals surface area (Å²) in [5, 5.41) is 18.8. The van der Waals surface area contributed by atoms with Crippen molar-refractivity contribution in [2.45, 2.75) is 0 Å². The van der Waals surface area contributed by atoms with Crippen LogP contribution >= 0.6 is 0 Å². The van der Waals surface area contributed by atoms with Crippen molar-refractivity contribution in [1.82, 2.24) is 9.13 Å². The number of imidazole rings is 2. The van der Waals surface area contributed by atoms with E-state index in [0.29, 0.717) is 12.2 Å². The van der Waals surface area contributed by atoms with E-state index in [1.165, 1.54) is 0 Å². The van der Waals surface area contributed by atoms with Crippen LogP contribution in [-0.2, 0) is 37.8 Å². The number of carbonyl (C=O) groups is 2. The van der Waals surface area contributed by atoms with Gasteiger partial charge < -0.3 is 19.8 Å². The summed E-state index contributed by atoms with van der Waals surface area (Å²) in [6.07, 6.45) is 12.8. The van der Waals surface area contributed by atoms with Crippen LogP contribution in [0.15, 0.2) is 49.6 Å². The minimum atomic E-state index is -1.55. The van der Waals surface area contributed by atoms with Crippen molar-refractivity contribution in [2.24, 2.45) is 28.2 Å². The fourth-order valence-electron chi connectivity index (χ4n) is 1.29. The molecule has 0 spiro atoms. The minimum Gasteiger partial charge on any atom is -0.545 e. The zero-order chi connectivity index (χ0) is 17.1. The second-order valence-corrected chi connectivity index (χ2v) is 4.46. The molecule has 0 N–H and O–H groups in total. The molecule has 0 unspecified atom stereocenters. The van der Waals surface area contributed by atoms with Crippen molar-refractivity contribution < 1.29 is 28.9 Å². The molecule has 0 saturated heterocycles. The highest BCUT2D eigenvalue weighted by Gasteiger charge is 1.88. The van der Waals surface area contributed by atoms with Gasteiger partial charge in [-0.15, -0.1) is 0 Å². The Balaban J connectivity index is 0.000000301. The van der Waals surface area contributed by atoms with Crippen LogP contribution < -0.4 is 19.3 Å². The Hall–Kier alpha value is -2.90. The molecule has 0 amide bonds. The number of hydrogen-bond acceptors (Lipinski definition) is 4. The van der Waals surface area contributed by atoms with Gasteiger partial charge in [0.25, 0.3) is 0 Å². The lowest BCUT2D eigenvalue weighted by Crippen LogP contribution is -2.23. The molecule has 0 aliphatic rings. The van der Waals surface area contributed by atoms with E-state index in [0.717, 1.165) is 0 Å². The first-order chi connectivity index (χ1) is 10.2. The number of nitrogens with zero attached hydrogens (tertiary/aromatic N) is 4. The third-order valence-corrected chi connectivity index (χ3v) is 2.16. The fourth-order valence-corrected chi connectivity index (χ4v) is 1.29. The number of carboxylic acids is 2. The van der Waals surface area contributed by atoms with E-state index in [1.54, 1.807) is 0 Å². The number of aromatic nitrogens is 4. The fraction of sp³-hybridized carbons (Fsp3) is 0.286. The molecule has 0 atom stereocenters. The maximum Gasteiger partial charge on any atom is 0.243 e. The Morgan fingerprint density at radius 3 is 1.27 bits per heavy atom. The van der Waals surface area contributed by atoms with Gasteiger partial charge in [0, 0.05) is 0 Å². The Kier molecular flexibility index (Phi) is 8.61. The Labute approximate surface area is 128 Å². The molecule has 0 aromatic carbocycles. The molecule has 0 aliphatic carbocycles. The van der Waals surface area contributed by atoms with Gasteiger partial charge >= 0.3 is 0 Å². The largest absolute Gasteiger partial charge is 0.545 e. The SMILES string of the molecule is Cn1cc[n+](C)c1.Cn1cc[n+](C)c1.O=C([O-])/C=C\C(=O)[O-]. The summed E-state index contributed by atoms with van der Waals surface area (Å²) in [6, 6.07) is 0. The molecule has 0 bridgehead atoms. The van der Waals surface area contributed by atoms with Crippen LogP contribution in [-0.4, -0.2) is 21.1 Å². The lowest BCUT2D eigenvalue weighted by atomic mass is 10.5. The predicted octanol–water partition coefficient (Wildman–Crippen LogP) is -3.26. The topological polar surface area (TPSA) is 97.9 Å². The minimum absolute atomic E-state index is 0.384. The third kappa shape index (κ3) is 11.0. The zero-order valence-electron chi connectivity index (χ0n) is 13.0. The number of carbonyl (C=O) groups excluding carboxylic acids is 2. The van der Waals surface area contributed by atoms with Gasteiger partial charge in [-0.05, 0) is 12.2 Å². The van der Waals surface area contributed by atoms with Crippen LogP contribution in [0.5, 0.6) is 0 Å². The summed E-state index contributed by atoms with van der Waals surface area (Å²) in [6.45, 7) is 0. The number of hydrogen-bond donors (Lipinski definition) is 0. The van der Waals surface area contributed by atoms with E-state index in [2.05, 4.69) is 0 Å². The monoisotopic (exact) mass is 308 g/mol. The van der Waals surface area contributed by atoms with E-state index < -0.39 is 11.9 Å². The summed E-state index contributed by atoms with van der Waals surface area (Å²) in [4.78, 5) is 18.8. The van der Waals surface area contributed by atoms with Crippen molar-refractivity contribution in [3.8, 4) is 0 Å². The first-order valence-corrected chi connectivity index (χ1v) is 6.25. The number of aryl methyl sites for hydroxylation is 4. The second-order valence-electron chi connectivity index (χ2n) is 4.46. The maximum atomic E-state index is 9.41. The zero-order valence-corrected chi connectivity index (χ0v) is 13.0. The first kappa shape index (κ1) is 19.1. The second kappa shape index (κ2) is 9.92. The predicted molar refractivity (Wildman–Crippen MR) is 72.3 cm³/mol. The quantitative estimate of drug-likeness (QED) is 0.430. The van der Waals surface area contributed by atoms with E-state index in [1.807, 2.05) is 83.9 Å². The molecule has 22 heavy (non-hydrogen) atoms. The molecule has 0 fully saturated rings. The molecule has 2 heterocycles. The van der Waals surface area contributed by atoms with Crippen molar-refractivity contribution in [3.05, 3.63) is 49.6 Å². The van der Waals surface area contributed by atoms with Crippen LogP contribution in [0.3, 0.4) is 0 Å². The Bertz CT molecular complexity index is 541. The molecule has 0 radical (unpaired) electrons. The van der Waals surface area contributed by atoms with E-state index in [9.17, 15) is 19.8 Å².